The number of hydrogen-bond donors (Lipinski definition) is 1. The molecule has 4 heteroatoms. The highest BCUT2D eigenvalue weighted by Gasteiger charge is 2.22. The van der Waals surface area contributed by atoms with E-state index in [9.17, 15) is 5.11 Å². The number of aliphatic hydroxyl groups excluding tert-OH is 1. The summed E-state index contributed by atoms with van der Waals surface area (Å²) in [7, 11) is 4.26. The van der Waals surface area contributed by atoms with Crippen molar-refractivity contribution in [2.45, 2.75) is 19.4 Å². The average Bonchev–Trinajstić information content (AvgIpc) is 2.84. The highest BCUT2D eigenvalue weighted by atomic mass is 16.5. The Balaban J connectivity index is 1.89. The molecular weight excluding hydrogens is 264 g/mol. The number of rotatable bonds is 7. The molecule has 2 unspecified atom stereocenters. The Morgan fingerprint density at radius 2 is 2.19 bits per heavy atom. The van der Waals surface area contributed by atoms with Crippen molar-refractivity contribution in [3.8, 4) is 5.75 Å². The minimum atomic E-state index is -0.503. The summed E-state index contributed by atoms with van der Waals surface area (Å²) in [5, 5.41) is 10.5. The third-order valence-electron chi connectivity index (χ3n) is 4.12. The van der Waals surface area contributed by atoms with Crippen LogP contribution >= 0.6 is 0 Å². The lowest BCUT2D eigenvalue weighted by molar-refractivity contribution is 0.115. The van der Waals surface area contributed by atoms with Crippen molar-refractivity contribution in [2.24, 2.45) is 5.92 Å². The van der Waals surface area contributed by atoms with E-state index in [-0.39, 0.29) is 0 Å². The van der Waals surface area contributed by atoms with Crippen molar-refractivity contribution in [2.75, 3.05) is 46.9 Å². The van der Waals surface area contributed by atoms with Crippen LogP contribution in [0.2, 0.25) is 0 Å². The first-order valence-electron chi connectivity index (χ1n) is 7.87. The highest BCUT2D eigenvalue weighted by molar-refractivity contribution is 5.35. The van der Waals surface area contributed by atoms with Crippen LogP contribution in [0.3, 0.4) is 0 Å². The molecule has 1 saturated heterocycles. The predicted octanol–water partition coefficient (Wildman–Crippen LogP) is 2.00. The molecule has 118 valence electrons. The van der Waals surface area contributed by atoms with Gasteiger partial charge >= 0.3 is 0 Å². The second-order valence-electron chi connectivity index (χ2n) is 6.12. The Hall–Kier alpha value is -1.10. The van der Waals surface area contributed by atoms with Crippen molar-refractivity contribution in [1.29, 1.82) is 0 Å². The summed E-state index contributed by atoms with van der Waals surface area (Å²) in [5.74, 6) is 1.51. The van der Waals surface area contributed by atoms with Gasteiger partial charge in [-0.25, -0.2) is 0 Å². The van der Waals surface area contributed by atoms with E-state index in [1.165, 1.54) is 13.0 Å². The zero-order chi connectivity index (χ0) is 15.2. The maximum atomic E-state index is 10.5. The van der Waals surface area contributed by atoms with Gasteiger partial charge in [0.25, 0.3) is 0 Å². The fraction of sp³-hybridized carbons (Fsp3) is 0.647. The molecule has 1 aromatic rings. The Kier molecular flexibility index (Phi) is 6.03. The number of ether oxygens (including phenoxy) is 1. The van der Waals surface area contributed by atoms with Gasteiger partial charge in [0.15, 0.2) is 0 Å². The van der Waals surface area contributed by atoms with Crippen LogP contribution in [0.15, 0.2) is 24.3 Å². The second kappa shape index (κ2) is 7.78. The standard InChI is InChI=1S/C17H28N2O2/c1-4-21-17-8-6-5-7-15(17)16(20)13-19(3)12-14-9-10-18(2)11-14/h5-8,14,16,20H,4,9-13H2,1-3H3. The number of hydrogen-bond acceptors (Lipinski definition) is 4. The van der Waals surface area contributed by atoms with Gasteiger partial charge in [0.05, 0.1) is 12.7 Å². The van der Waals surface area contributed by atoms with Gasteiger partial charge in [0.2, 0.25) is 0 Å². The number of para-hydroxylation sites is 1. The van der Waals surface area contributed by atoms with Gasteiger partial charge in [-0.1, -0.05) is 18.2 Å². The quantitative estimate of drug-likeness (QED) is 0.834. The summed E-state index contributed by atoms with van der Waals surface area (Å²) in [6, 6.07) is 7.77. The van der Waals surface area contributed by atoms with E-state index in [2.05, 4.69) is 23.9 Å². The second-order valence-corrected chi connectivity index (χ2v) is 6.12. The number of likely N-dealkylation sites (N-methyl/N-ethyl adjacent to an activating group) is 1. The molecule has 1 N–H and O–H groups in total. The van der Waals surface area contributed by atoms with E-state index < -0.39 is 6.10 Å². The van der Waals surface area contributed by atoms with Crippen molar-refractivity contribution < 1.29 is 9.84 Å². The van der Waals surface area contributed by atoms with Crippen molar-refractivity contribution in [1.82, 2.24) is 9.80 Å². The number of aliphatic hydroxyl groups is 1. The van der Waals surface area contributed by atoms with Gasteiger partial charge in [-0.2, -0.15) is 0 Å². The van der Waals surface area contributed by atoms with Gasteiger partial charge in [-0.05, 0) is 46.0 Å². The molecule has 1 aliphatic rings. The lowest BCUT2D eigenvalue weighted by Gasteiger charge is -2.24. The highest BCUT2D eigenvalue weighted by Crippen LogP contribution is 2.26. The minimum Gasteiger partial charge on any atom is -0.493 e. The molecular formula is C17H28N2O2. The molecule has 4 nitrogen and oxygen atoms in total. The van der Waals surface area contributed by atoms with Gasteiger partial charge in [-0.15, -0.1) is 0 Å². The van der Waals surface area contributed by atoms with Crippen LogP contribution in [0, 0.1) is 5.92 Å². The third-order valence-corrected chi connectivity index (χ3v) is 4.12. The molecule has 0 aromatic heterocycles. The monoisotopic (exact) mass is 292 g/mol. The molecule has 0 spiro atoms. The Morgan fingerprint density at radius 3 is 2.86 bits per heavy atom. The summed E-state index contributed by atoms with van der Waals surface area (Å²) in [6.45, 7) is 6.62. The molecule has 0 radical (unpaired) electrons. The van der Waals surface area contributed by atoms with E-state index in [4.69, 9.17) is 4.74 Å². The molecule has 0 aliphatic carbocycles. The number of nitrogens with zero attached hydrogens (tertiary/aromatic N) is 2. The van der Waals surface area contributed by atoms with Gasteiger partial charge < -0.3 is 19.6 Å². The lowest BCUT2D eigenvalue weighted by atomic mass is 10.1. The van der Waals surface area contributed by atoms with Crippen LogP contribution in [-0.2, 0) is 0 Å². The van der Waals surface area contributed by atoms with Crippen LogP contribution < -0.4 is 4.74 Å². The van der Waals surface area contributed by atoms with Crippen LogP contribution in [0.5, 0.6) is 5.75 Å². The summed E-state index contributed by atoms with van der Waals surface area (Å²) >= 11 is 0. The summed E-state index contributed by atoms with van der Waals surface area (Å²) < 4.78 is 5.60. The first-order chi connectivity index (χ1) is 10.1. The summed E-state index contributed by atoms with van der Waals surface area (Å²) in [4.78, 5) is 4.61. The third kappa shape index (κ3) is 4.70. The molecule has 1 fully saturated rings. The zero-order valence-corrected chi connectivity index (χ0v) is 13.5. The van der Waals surface area contributed by atoms with Crippen molar-refractivity contribution in [3.05, 3.63) is 29.8 Å². The lowest BCUT2D eigenvalue weighted by Crippen LogP contribution is -2.31. The summed E-state index contributed by atoms with van der Waals surface area (Å²) in [6.07, 6.45) is 0.754. The topological polar surface area (TPSA) is 35.9 Å². The molecule has 0 saturated carbocycles. The van der Waals surface area contributed by atoms with E-state index >= 15 is 0 Å². The SMILES string of the molecule is CCOc1ccccc1C(O)CN(C)CC1CCN(C)C1. The maximum Gasteiger partial charge on any atom is 0.125 e. The predicted molar refractivity (Wildman–Crippen MR) is 85.7 cm³/mol. The molecule has 2 atom stereocenters. The fourth-order valence-electron chi connectivity index (χ4n) is 3.13. The van der Waals surface area contributed by atoms with E-state index in [0.717, 1.165) is 24.4 Å². The van der Waals surface area contributed by atoms with E-state index in [0.29, 0.717) is 19.1 Å². The van der Waals surface area contributed by atoms with Gasteiger partial charge in [-0.3, -0.25) is 0 Å². The smallest absolute Gasteiger partial charge is 0.125 e. The Bertz CT molecular complexity index is 439. The average molecular weight is 292 g/mol. The number of likely N-dealkylation sites (tertiary alicyclic amines) is 1. The Morgan fingerprint density at radius 1 is 1.43 bits per heavy atom. The van der Waals surface area contributed by atoms with Crippen LogP contribution in [0.4, 0.5) is 0 Å². The Labute approximate surface area is 128 Å². The van der Waals surface area contributed by atoms with Crippen LogP contribution in [0.25, 0.3) is 0 Å². The largest absolute Gasteiger partial charge is 0.493 e. The molecule has 21 heavy (non-hydrogen) atoms. The molecule has 1 aromatic carbocycles. The first kappa shape index (κ1) is 16.3. The van der Waals surface area contributed by atoms with Crippen molar-refractivity contribution >= 4 is 0 Å². The van der Waals surface area contributed by atoms with Crippen molar-refractivity contribution in [3.63, 3.8) is 0 Å². The summed E-state index contributed by atoms with van der Waals surface area (Å²) in [5.41, 5.74) is 0.884. The molecule has 2 rings (SSSR count). The maximum absolute atomic E-state index is 10.5. The van der Waals surface area contributed by atoms with Crippen LogP contribution in [-0.4, -0.2) is 61.8 Å². The van der Waals surface area contributed by atoms with E-state index in [1.54, 1.807) is 0 Å². The fourth-order valence-corrected chi connectivity index (χ4v) is 3.13. The van der Waals surface area contributed by atoms with Gasteiger partial charge in [0.1, 0.15) is 5.75 Å². The molecule has 1 aliphatic heterocycles. The molecule has 1 heterocycles. The first-order valence-corrected chi connectivity index (χ1v) is 7.87. The van der Waals surface area contributed by atoms with Crippen LogP contribution in [0.1, 0.15) is 25.0 Å². The van der Waals surface area contributed by atoms with E-state index in [1.807, 2.05) is 31.2 Å². The zero-order valence-electron chi connectivity index (χ0n) is 13.5. The normalized spacial score (nSPS) is 20.9. The molecule has 0 bridgehead atoms. The van der Waals surface area contributed by atoms with Gasteiger partial charge in [0, 0.05) is 25.2 Å². The molecule has 0 amide bonds. The number of benzene rings is 1. The minimum absolute atomic E-state index is 0.503.